The van der Waals surface area contributed by atoms with Gasteiger partial charge in [0.2, 0.25) is 5.71 Å². The number of allylic oxidation sites excluding steroid dienone is 2. The number of fused-ring (bicyclic) bond motifs is 3. The van der Waals surface area contributed by atoms with Gasteiger partial charge in [0, 0.05) is 54.2 Å². The summed E-state index contributed by atoms with van der Waals surface area (Å²) in [5.41, 5.74) is 5.58. The third kappa shape index (κ3) is 6.47. The SMILES string of the molecule is CC(=O)/C=C(/C)O.Cc1[c-]c(-c2nccc3c2oc2nc([Si](C)(C)C)ccc23)cc(C)c1.[Ir]. The number of aliphatic hydroxyl groups is 1. The van der Waals surface area contributed by atoms with Gasteiger partial charge in [0.15, 0.2) is 5.78 Å². The predicted molar refractivity (Wildman–Crippen MR) is 133 cm³/mol. The van der Waals surface area contributed by atoms with Gasteiger partial charge in [0.25, 0.3) is 0 Å². The topological polar surface area (TPSA) is 76.2 Å². The van der Waals surface area contributed by atoms with Crippen LogP contribution >= 0.6 is 0 Å². The number of aromatic nitrogens is 2. The largest absolute Gasteiger partial charge is 0.512 e. The Hall–Kier alpha value is -2.60. The molecule has 0 fully saturated rings. The zero-order chi connectivity index (χ0) is 23.6. The van der Waals surface area contributed by atoms with Gasteiger partial charge >= 0.3 is 0 Å². The summed E-state index contributed by atoms with van der Waals surface area (Å²) in [4.78, 5) is 19.4. The second kappa shape index (κ2) is 10.6. The standard InChI is InChI=1S/C21H21N2OSi.C5H8O2.Ir/c1-13-10-14(2)12-15(11-13)19-20-16(8-9-22-19)17-6-7-18(25(3,4)5)23-21(17)24-20;1-4(6)3-5(2)7;/h6-11H,1-5H3;3,6H,1-2H3;/q-1;;/b;4-3-;. The molecule has 4 aromatic rings. The van der Waals surface area contributed by atoms with Crippen molar-refractivity contribution < 1.29 is 34.4 Å². The average molecular weight is 638 g/mol. The second-order valence-electron chi connectivity index (χ2n) is 9.09. The molecule has 1 N–H and O–H groups in total. The van der Waals surface area contributed by atoms with Crippen molar-refractivity contribution in [2.45, 2.75) is 47.3 Å². The molecular weight excluding hydrogens is 609 g/mol. The van der Waals surface area contributed by atoms with Gasteiger partial charge in [-0.25, -0.2) is 4.98 Å². The summed E-state index contributed by atoms with van der Waals surface area (Å²) in [6, 6.07) is 13.9. The average Bonchev–Trinajstić information content (AvgIpc) is 3.03. The van der Waals surface area contributed by atoms with E-state index in [0.29, 0.717) is 5.71 Å². The maximum Gasteiger partial charge on any atom is 0.226 e. The van der Waals surface area contributed by atoms with Crippen molar-refractivity contribution in [3.05, 3.63) is 65.6 Å². The molecule has 0 amide bonds. The van der Waals surface area contributed by atoms with Crippen LogP contribution in [0.3, 0.4) is 0 Å². The van der Waals surface area contributed by atoms with Crippen LogP contribution in [0.1, 0.15) is 25.0 Å². The van der Waals surface area contributed by atoms with Crippen molar-refractivity contribution in [2.24, 2.45) is 0 Å². The minimum atomic E-state index is -1.48. The molecule has 0 bridgehead atoms. The number of hydrogen-bond donors (Lipinski definition) is 1. The number of aliphatic hydroxyl groups excluding tert-OH is 1. The quantitative estimate of drug-likeness (QED) is 0.128. The Balaban J connectivity index is 0.000000423. The molecule has 1 aromatic carbocycles. The summed E-state index contributed by atoms with van der Waals surface area (Å²) in [6.07, 6.45) is 3.00. The van der Waals surface area contributed by atoms with Crippen molar-refractivity contribution in [1.82, 2.24) is 9.97 Å². The van der Waals surface area contributed by atoms with E-state index in [1.54, 1.807) is 0 Å². The van der Waals surface area contributed by atoms with E-state index in [-0.39, 0.29) is 31.6 Å². The first-order valence-corrected chi connectivity index (χ1v) is 14.0. The Morgan fingerprint density at radius 2 is 1.79 bits per heavy atom. The molecule has 3 heterocycles. The Morgan fingerprint density at radius 3 is 2.33 bits per heavy atom. The second-order valence-corrected chi connectivity index (χ2v) is 14.1. The van der Waals surface area contributed by atoms with Crippen LogP contribution in [0.5, 0.6) is 0 Å². The van der Waals surface area contributed by atoms with E-state index in [0.717, 1.165) is 38.5 Å². The normalized spacial score (nSPS) is 11.7. The monoisotopic (exact) mass is 638 g/mol. The Labute approximate surface area is 209 Å². The van der Waals surface area contributed by atoms with E-state index < -0.39 is 8.07 Å². The molecule has 175 valence electrons. The summed E-state index contributed by atoms with van der Waals surface area (Å²) >= 11 is 0. The number of carbonyl (C=O) groups excluding carboxylic acids is 1. The van der Waals surface area contributed by atoms with Crippen LogP contribution in [0.2, 0.25) is 19.6 Å². The van der Waals surface area contributed by atoms with Gasteiger partial charge in [-0.1, -0.05) is 33.5 Å². The van der Waals surface area contributed by atoms with E-state index in [9.17, 15) is 4.79 Å². The van der Waals surface area contributed by atoms with Gasteiger partial charge in [0.1, 0.15) is 13.7 Å². The molecule has 4 rings (SSSR count). The number of rotatable bonds is 3. The Morgan fingerprint density at radius 1 is 1.09 bits per heavy atom. The van der Waals surface area contributed by atoms with Gasteiger partial charge < -0.3 is 14.5 Å². The predicted octanol–water partition coefficient (Wildman–Crippen LogP) is 6.04. The summed E-state index contributed by atoms with van der Waals surface area (Å²) in [5.74, 6) is -0.0625. The van der Waals surface area contributed by atoms with Crippen LogP contribution in [0, 0.1) is 19.9 Å². The number of ketones is 1. The first-order valence-electron chi connectivity index (χ1n) is 10.5. The third-order valence-corrected chi connectivity index (χ3v) is 6.65. The number of nitrogens with zero attached hydrogens (tertiary/aromatic N) is 2. The first kappa shape index (κ1) is 26.6. The molecule has 0 aliphatic carbocycles. The fourth-order valence-electron chi connectivity index (χ4n) is 3.51. The van der Waals surface area contributed by atoms with Crippen LogP contribution in [0.4, 0.5) is 0 Å². The zero-order valence-electron chi connectivity index (χ0n) is 20.0. The number of pyridine rings is 2. The summed E-state index contributed by atoms with van der Waals surface area (Å²) in [5, 5.41) is 11.6. The molecule has 5 nitrogen and oxygen atoms in total. The van der Waals surface area contributed by atoms with E-state index >= 15 is 0 Å². The van der Waals surface area contributed by atoms with Crippen LogP contribution in [0.25, 0.3) is 33.3 Å². The molecule has 3 aromatic heterocycles. The Kier molecular flexibility index (Phi) is 8.52. The summed E-state index contributed by atoms with van der Waals surface area (Å²) < 4.78 is 6.18. The van der Waals surface area contributed by atoms with E-state index in [2.05, 4.69) is 68.8 Å². The molecule has 0 saturated carbocycles. The molecule has 0 spiro atoms. The van der Waals surface area contributed by atoms with E-state index in [1.165, 1.54) is 25.5 Å². The van der Waals surface area contributed by atoms with Crippen LogP contribution in [-0.4, -0.2) is 28.9 Å². The van der Waals surface area contributed by atoms with Crippen molar-refractivity contribution >= 4 is 41.2 Å². The molecule has 1 radical (unpaired) electrons. The fraction of sp³-hybridized carbons (Fsp3) is 0.269. The molecule has 7 heteroatoms. The van der Waals surface area contributed by atoms with Crippen molar-refractivity contribution in [2.75, 3.05) is 0 Å². The minimum absolute atomic E-state index is 0. The maximum atomic E-state index is 10.0. The molecular formula is C26H29IrN2O3Si-. The molecule has 0 aliphatic rings. The summed E-state index contributed by atoms with van der Waals surface area (Å²) in [7, 11) is -1.48. The van der Waals surface area contributed by atoms with Gasteiger partial charge in [-0.3, -0.25) is 4.79 Å². The maximum absolute atomic E-state index is 10.0. The fourth-order valence-corrected chi connectivity index (χ4v) is 4.53. The molecule has 0 aliphatic heterocycles. The number of hydrogen-bond acceptors (Lipinski definition) is 5. The zero-order valence-corrected chi connectivity index (χ0v) is 23.4. The molecule has 33 heavy (non-hydrogen) atoms. The van der Waals surface area contributed by atoms with Crippen LogP contribution < -0.4 is 5.32 Å². The first-order chi connectivity index (χ1) is 15.0. The molecule has 0 unspecified atom stereocenters. The number of carbonyl (C=O) groups is 1. The van der Waals surface area contributed by atoms with E-state index in [1.807, 2.05) is 12.3 Å². The molecule has 0 atom stereocenters. The van der Waals surface area contributed by atoms with Gasteiger partial charge in [-0.15, -0.1) is 34.9 Å². The van der Waals surface area contributed by atoms with Crippen LogP contribution in [-0.2, 0) is 24.9 Å². The minimum Gasteiger partial charge on any atom is -0.512 e. The van der Waals surface area contributed by atoms with Crippen molar-refractivity contribution in [3.8, 4) is 11.3 Å². The summed E-state index contributed by atoms with van der Waals surface area (Å²) in [6.45, 7) is 13.9. The third-order valence-electron chi connectivity index (χ3n) is 4.84. The number of furan rings is 1. The Bertz CT molecular complexity index is 1310. The number of aryl methyl sites for hydroxylation is 2. The van der Waals surface area contributed by atoms with Crippen LogP contribution in [0.15, 0.2) is 52.8 Å². The van der Waals surface area contributed by atoms with Crippen molar-refractivity contribution in [1.29, 1.82) is 0 Å². The number of benzene rings is 1. The molecule has 0 saturated heterocycles. The van der Waals surface area contributed by atoms with Crippen molar-refractivity contribution in [3.63, 3.8) is 0 Å². The van der Waals surface area contributed by atoms with Gasteiger partial charge in [-0.05, 0) is 32.0 Å². The van der Waals surface area contributed by atoms with Gasteiger partial charge in [0.05, 0.1) is 5.76 Å². The van der Waals surface area contributed by atoms with Gasteiger partial charge in [-0.2, -0.15) is 0 Å². The van der Waals surface area contributed by atoms with E-state index in [4.69, 9.17) is 14.5 Å². The smallest absolute Gasteiger partial charge is 0.226 e.